The first-order valence-corrected chi connectivity index (χ1v) is 13.5. The number of pyridine rings is 1. The summed E-state index contributed by atoms with van der Waals surface area (Å²) >= 11 is 0. The zero-order valence-corrected chi connectivity index (χ0v) is 22.8. The van der Waals surface area contributed by atoms with Crippen molar-refractivity contribution in [2.45, 2.75) is 63.8 Å². The summed E-state index contributed by atoms with van der Waals surface area (Å²) in [6, 6.07) is 5.79. The summed E-state index contributed by atoms with van der Waals surface area (Å²) < 4.78 is 97.5. The van der Waals surface area contributed by atoms with Gasteiger partial charge >= 0.3 is 18.4 Å². The molecule has 13 heteroatoms. The number of hydrogen-bond donors (Lipinski definition) is 0. The van der Waals surface area contributed by atoms with E-state index in [4.69, 9.17) is 18.9 Å². The summed E-state index contributed by atoms with van der Waals surface area (Å²) in [7, 11) is 0. The number of alkyl halides is 6. The lowest BCUT2D eigenvalue weighted by molar-refractivity contribution is -0.143. The molecule has 2 fully saturated rings. The van der Waals surface area contributed by atoms with Crippen molar-refractivity contribution in [3.05, 3.63) is 71.1 Å². The molecule has 3 aromatic rings. The molecule has 2 aromatic heterocycles. The van der Waals surface area contributed by atoms with E-state index in [9.17, 15) is 31.1 Å². The van der Waals surface area contributed by atoms with Gasteiger partial charge in [-0.2, -0.15) is 26.3 Å². The highest BCUT2D eigenvalue weighted by Gasteiger charge is 2.43. The lowest BCUT2D eigenvalue weighted by Crippen LogP contribution is -2.41. The summed E-state index contributed by atoms with van der Waals surface area (Å²) in [5.74, 6) is 1.16. The predicted molar refractivity (Wildman–Crippen MR) is 139 cm³/mol. The zero-order valence-electron chi connectivity index (χ0n) is 22.8. The van der Waals surface area contributed by atoms with Crippen LogP contribution in [0.4, 0.5) is 37.0 Å². The maximum Gasteiger partial charge on any atom is 0.416 e. The third kappa shape index (κ3) is 6.06. The fourth-order valence-corrected chi connectivity index (χ4v) is 5.52. The molecule has 0 bridgehead atoms. The number of furan rings is 1. The van der Waals surface area contributed by atoms with Gasteiger partial charge in [0.05, 0.1) is 30.0 Å². The maximum absolute atomic E-state index is 13.5. The number of amides is 1. The van der Waals surface area contributed by atoms with E-state index in [1.54, 1.807) is 18.3 Å². The molecule has 0 saturated carbocycles. The second kappa shape index (κ2) is 11.5. The van der Waals surface area contributed by atoms with Crippen LogP contribution in [0.2, 0.25) is 0 Å². The van der Waals surface area contributed by atoms with E-state index in [1.807, 2.05) is 13.0 Å². The zero-order chi connectivity index (χ0) is 30.2. The summed E-state index contributed by atoms with van der Waals surface area (Å²) in [5.41, 5.74) is -2.06. The number of aromatic nitrogens is 1. The molecule has 0 unspecified atom stereocenters. The van der Waals surface area contributed by atoms with E-state index in [2.05, 4.69) is 4.90 Å². The SMILES string of the molecule is CCN(c1ncc(-c2ccco2)cc1CN1C(=O)O[C@H](c2cc(C(F)(F)F)cc(C(F)(F)F)c2)[C@@H]1C)C1CCOCC1. The molecule has 2 aliphatic heterocycles. The smallest absolute Gasteiger partial charge is 0.416 e. The van der Waals surface area contributed by atoms with Gasteiger partial charge in [-0.15, -0.1) is 0 Å². The molecule has 42 heavy (non-hydrogen) atoms. The Morgan fingerprint density at radius 2 is 1.69 bits per heavy atom. The van der Waals surface area contributed by atoms with Crippen LogP contribution in [0.15, 0.2) is 53.3 Å². The maximum atomic E-state index is 13.5. The molecule has 1 amide bonds. The Morgan fingerprint density at radius 3 is 2.26 bits per heavy atom. The first kappa shape index (κ1) is 29.7. The molecule has 0 N–H and O–H groups in total. The molecule has 2 saturated heterocycles. The van der Waals surface area contributed by atoms with Gasteiger partial charge in [0.2, 0.25) is 0 Å². The van der Waals surface area contributed by atoms with Gasteiger partial charge in [0.15, 0.2) is 0 Å². The number of ether oxygens (including phenoxy) is 2. The minimum absolute atomic E-state index is 0.0435. The summed E-state index contributed by atoms with van der Waals surface area (Å²) in [5, 5.41) is 0. The summed E-state index contributed by atoms with van der Waals surface area (Å²) in [4.78, 5) is 21.2. The number of cyclic esters (lactones) is 1. The second-order valence-corrected chi connectivity index (χ2v) is 10.3. The van der Waals surface area contributed by atoms with E-state index < -0.39 is 41.7 Å². The first-order chi connectivity index (χ1) is 19.9. The largest absolute Gasteiger partial charge is 0.464 e. The number of anilines is 1. The molecule has 0 radical (unpaired) electrons. The quantitative estimate of drug-likeness (QED) is 0.263. The van der Waals surface area contributed by atoms with E-state index in [1.165, 1.54) is 18.1 Å². The van der Waals surface area contributed by atoms with Gasteiger partial charge in [-0.3, -0.25) is 4.90 Å². The van der Waals surface area contributed by atoms with Crippen LogP contribution in [-0.2, 0) is 28.4 Å². The second-order valence-electron chi connectivity index (χ2n) is 10.3. The molecule has 0 aliphatic carbocycles. The summed E-state index contributed by atoms with van der Waals surface area (Å²) in [6.45, 7) is 5.26. The minimum Gasteiger partial charge on any atom is -0.464 e. The Morgan fingerprint density at radius 1 is 1.02 bits per heavy atom. The van der Waals surface area contributed by atoms with Crippen LogP contribution in [0.3, 0.4) is 0 Å². The van der Waals surface area contributed by atoms with Gasteiger partial charge in [0.25, 0.3) is 0 Å². The normalized spacial score (nSPS) is 20.2. The van der Waals surface area contributed by atoms with Crippen LogP contribution in [-0.4, -0.2) is 47.8 Å². The van der Waals surface area contributed by atoms with Crippen molar-refractivity contribution in [1.82, 2.24) is 9.88 Å². The number of carbonyl (C=O) groups is 1. The molecule has 0 spiro atoms. The Balaban J connectivity index is 1.50. The molecule has 5 rings (SSSR count). The van der Waals surface area contributed by atoms with Crippen molar-refractivity contribution in [2.24, 2.45) is 0 Å². The van der Waals surface area contributed by atoms with Crippen molar-refractivity contribution < 1.29 is 45.0 Å². The van der Waals surface area contributed by atoms with Crippen molar-refractivity contribution >= 4 is 11.9 Å². The number of benzene rings is 1. The average Bonchev–Trinajstić information content (AvgIpc) is 3.58. The van der Waals surface area contributed by atoms with Crippen LogP contribution in [0.5, 0.6) is 0 Å². The third-order valence-corrected chi connectivity index (χ3v) is 7.66. The molecule has 7 nitrogen and oxygen atoms in total. The Hall–Kier alpha value is -3.74. The van der Waals surface area contributed by atoms with E-state index in [0.717, 1.165) is 12.8 Å². The molecule has 1 aromatic carbocycles. The van der Waals surface area contributed by atoms with Gasteiger partial charge < -0.3 is 18.8 Å². The van der Waals surface area contributed by atoms with E-state index in [-0.39, 0.29) is 24.2 Å². The topological polar surface area (TPSA) is 68.0 Å². The highest BCUT2D eigenvalue weighted by molar-refractivity contribution is 5.72. The predicted octanol–water partition coefficient (Wildman–Crippen LogP) is 7.47. The van der Waals surface area contributed by atoms with Gasteiger partial charge in [-0.05, 0) is 68.7 Å². The minimum atomic E-state index is -5.03. The highest BCUT2D eigenvalue weighted by Crippen LogP contribution is 2.41. The van der Waals surface area contributed by atoms with Gasteiger partial charge in [0.1, 0.15) is 17.7 Å². The molecule has 226 valence electrons. The van der Waals surface area contributed by atoms with Gasteiger partial charge in [0, 0.05) is 43.1 Å². The summed E-state index contributed by atoms with van der Waals surface area (Å²) in [6.07, 6.45) is -7.55. The lowest BCUT2D eigenvalue weighted by Gasteiger charge is -2.36. The number of halogens is 6. The van der Waals surface area contributed by atoms with E-state index in [0.29, 0.717) is 54.6 Å². The monoisotopic (exact) mass is 597 g/mol. The van der Waals surface area contributed by atoms with Crippen molar-refractivity contribution in [2.75, 3.05) is 24.7 Å². The van der Waals surface area contributed by atoms with Gasteiger partial charge in [-0.25, -0.2) is 9.78 Å². The fourth-order valence-electron chi connectivity index (χ4n) is 5.52. The Kier molecular flexibility index (Phi) is 8.15. The van der Waals surface area contributed by atoms with Crippen LogP contribution in [0.25, 0.3) is 11.3 Å². The first-order valence-electron chi connectivity index (χ1n) is 13.5. The molecule has 4 heterocycles. The van der Waals surface area contributed by atoms with Crippen LogP contribution < -0.4 is 4.90 Å². The van der Waals surface area contributed by atoms with Gasteiger partial charge in [-0.1, -0.05) is 0 Å². The number of hydrogen-bond acceptors (Lipinski definition) is 6. The van der Waals surface area contributed by atoms with Crippen molar-refractivity contribution in [3.8, 4) is 11.3 Å². The number of rotatable bonds is 7. The molecular weight excluding hydrogens is 568 g/mol. The molecular formula is C29H29F6N3O4. The fraction of sp³-hybridized carbons (Fsp3) is 0.448. The lowest BCUT2D eigenvalue weighted by atomic mass is 9.97. The number of nitrogens with zero attached hydrogens (tertiary/aromatic N) is 3. The van der Waals surface area contributed by atoms with E-state index >= 15 is 0 Å². The highest BCUT2D eigenvalue weighted by atomic mass is 19.4. The third-order valence-electron chi connectivity index (χ3n) is 7.66. The molecule has 2 aliphatic rings. The van der Waals surface area contributed by atoms with Crippen LogP contribution in [0, 0.1) is 0 Å². The number of carbonyl (C=O) groups excluding carboxylic acids is 1. The Labute approximate surface area is 238 Å². The standard InChI is InChI=1S/C29H29F6N3O4/c1-3-37(23-6-9-40-10-7-23)26-20(11-19(15-36-26)24-5-4-8-41-24)16-38-17(2)25(42-27(38)39)18-12-21(28(30,31)32)14-22(13-18)29(33,34)35/h4-5,8,11-15,17,23,25H,3,6-7,9-10,16H2,1-2H3/t17-,25-/m0/s1. The van der Waals surface area contributed by atoms with Crippen LogP contribution in [0.1, 0.15) is 55.0 Å². The Bertz CT molecular complexity index is 1370. The van der Waals surface area contributed by atoms with Crippen LogP contribution >= 0.6 is 0 Å². The van der Waals surface area contributed by atoms with Crippen molar-refractivity contribution in [1.29, 1.82) is 0 Å². The molecule has 2 atom stereocenters. The van der Waals surface area contributed by atoms with Crippen molar-refractivity contribution in [3.63, 3.8) is 0 Å². The average molecular weight is 598 g/mol.